The fourth-order valence-corrected chi connectivity index (χ4v) is 4.67. The molecule has 27 heavy (non-hydrogen) atoms. The van der Waals surface area contributed by atoms with Crippen LogP contribution in [0.4, 0.5) is 0 Å². The minimum Gasteiger partial charge on any atom is -0.469 e. The minimum absolute atomic E-state index is 0.168. The molecule has 3 fully saturated rings. The standard InChI is InChI=1S/C16H19I2NO8/c1-16(19,14(17)18)15(23)25-4-7(20)26-10-5-3-6-9(8(5)12(21)24-2)13(22)27-11(6)10/h5-6,8-11,14H,3-4,19H2,1-2H3. The maximum absolute atomic E-state index is 12.2. The van der Waals surface area contributed by atoms with Crippen LogP contribution in [0.1, 0.15) is 13.3 Å². The van der Waals surface area contributed by atoms with Crippen LogP contribution in [0.3, 0.4) is 0 Å². The number of hydrogen-bond acceptors (Lipinski definition) is 9. The Bertz CT molecular complexity index is 681. The van der Waals surface area contributed by atoms with Crippen LogP contribution in [0, 0.1) is 23.7 Å². The van der Waals surface area contributed by atoms with Gasteiger partial charge in [0.25, 0.3) is 0 Å². The molecule has 0 radical (unpaired) electrons. The molecule has 11 heteroatoms. The smallest absolute Gasteiger partial charge is 0.344 e. The summed E-state index contributed by atoms with van der Waals surface area (Å²) < 4.78 is 20.3. The van der Waals surface area contributed by atoms with Crippen LogP contribution in [0.15, 0.2) is 0 Å². The SMILES string of the molecule is COC(=O)C1C2CC3C(OC(=O)C31)C2OC(=O)COC(=O)C(C)(N)C(I)I. The molecule has 7 unspecified atom stereocenters. The van der Waals surface area contributed by atoms with Gasteiger partial charge in [0.1, 0.15) is 17.7 Å². The Labute approximate surface area is 182 Å². The van der Waals surface area contributed by atoms with Gasteiger partial charge >= 0.3 is 23.9 Å². The van der Waals surface area contributed by atoms with Crippen LogP contribution < -0.4 is 5.73 Å². The van der Waals surface area contributed by atoms with Crippen LogP contribution in [0.25, 0.3) is 0 Å². The van der Waals surface area contributed by atoms with Crippen molar-refractivity contribution in [1.82, 2.24) is 0 Å². The largest absolute Gasteiger partial charge is 0.469 e. The van der Waals surface area contributed by atoms with Gasteiger partial charge in [-0.1, -0.05) is 45.2 Å². The number of methoxy groups -OCH3 is 1. The van der Waals surface area contributed by atoms with Gasteiger partial charge < -0.3 is 24.7 Å². The molecule has 2 aliphatic carbocycles. The highest BCUT2D eigenvalue weighted by molar-refractivity contribution is 14.2. The summed E-state index contributed by atoms with van der Waals surface area (Å²) in [5.74, 6) is -4.21. The lowest BCUT2D eigenvalue weighted by Crippen LogP contribution is -2.51. The number of esters is 4. The summed E-state index contributed by atoms with van der Waals surface area (Å²) in [6.45, 7) is 0.908. The third-order valence-electron chi connectivity index (χ3n) is 5.50. The Hall–Kier alpha value is -0.700. The lowest BCUT2D eigenvalue weighted by Gasteiger charge is -2.30. The first kappa shape index (κ1) is 21.0. The van der Waals surface area contributed by atoms with E-state index >= 15 is 0 Å². The summed E-state index contributed by atoms with van der Waals surface area (Å²) >= 11 is 3.98. The van der Waals surface area contributed by atoms with E-state index in [2.05, 4.69) is 0 Å². The number of alkyl halides is 2. The van der Waals surface area contributed by atoms with Crippen LogP contribution in [0.2, 0.25) is 0 Å². The number of carbonyl (C=O) groups is 4. The van der Waals surface area contributed by atoms with E-state index in [1.165, 1.54) is 14.0 Å². The molecule has 2 saturated carbocycles. The summed E-state index contributed by atoms with van der Waals surface area (Å²) in [4.78, 5) is 48.4. The molecule has 0 aromatic rings. The fourth-order valence-electron chi connectivity index (χ4n) is 4.16. The summed E-state index contributed by atoms with van der Waals surface area (Å²) in [5, 5.41) is 0. The van der Waals surface area contributed by atoms with Crippen molar-refractivity contribution >= 4 is 69.1 Å². The van der Waals surface area contributed by atoms with E-state index in [-0.39, 0.29) is 13.8 Å². The zero-order valence-corrected chi connectivity index (χ0v) is 18.9. The molecule has 2 N–H and O–H groups in total. The Balaban J connectivity index is 1.63. The lowest BCUT2D eigenvalue weighted by atomic mass is 9.78. The molecule has 150 valence electrons. The van der Waals surface area contributed by atoms with Gasteiger partial charge in [-0.2, -0.15) is 0 Å². The third kappa shape index (κ3) is 3.54. The minimum atomic E-state index is -1.25. The van der Waals surface area contributed by atoms with E-state index < -0.39 is 60.1 Å². The molecule has 0 aromatic heterocycles. The van der Waals surface area contributed by atoms with E-state index in [4.69, 9.17) is 24.7 Å². The zero-order valence-electron chi connectivity index (χ0n) is 14.6. The van der Waals surface area contributed by atoms with E-state index in [1.54, 1.807) is 0 Å². The Kier molecular flexibility index (Phi) is 5.93. The molecule has 0 spiro atoms. The van der Waals surface area contributed by atoms with Crippen molar-refractivity contribution in [3.8, 4) is 0 Å². The second-order valence-electron chi connectivity index (χ2n) is 7.15. The van der Waals surface area contributed by atoms with E-state index in [0.29, 0.717) is 6.42 Å². The average Bonchev–Trinajstić information content (AvgIpc) is 3.22. The molecule has 1 heterocycles. The number of fused-ring (bicyclic) bond motifs is 1. The molecule has 2 bridgehead atoms. The van der Waals surface area contributed by atoms with Crippen LogP contribution in [-0.4, -0.2) is 57.3 Å². The summed E-state index contributed by atoms with van der Waals surface area (Å²) in [7, 11) is 1.25. The Morgan fingerprint density at radius 1 is 1.33 bits per heavy atom. The first-order valence-electron chi connectivity index (χ1n) is 8.31. The van der Waals surface area contributed by atoms with Gasteiger partial charge in [-0.3, -0.25) is 9.59 Å². The average molecular weight is 607 g/mol. The quantitative estimate of drug-likeness (QED) is 0.197. The number of ether oxygens (including phenoxy) is 4. The second-order valence-corrected chi connectivity index (χ2v) is 12.0. The molecule has 7 atom stereocenters. The number of hydrogen-bond donors (Lipinski definition) is 1. The first-order chi connectivity index (χ1) is 12.6. The van der Waals surface area contributed by atoms with Crippen molar-refractivity contribution in [2.75, 3.05) is 13.7 Å². The second kappa shape index (κ2) is 7.61. The van der Waals surface area contributed by atoms with Gasteiger partial charge in [0, 0.05) is 11.8 Å². The molecule has 1 saturated heterocycles. The van der Waals surface area contributed by atoms with Crippen molar-refractivity contribution < 1.29 is 38.1 Å². The number of rotatable bonds is 6. The van der Waals surface area contributed by atoms with Crippen molar-refractivity contribution in [2.45, 2.75) is 33.0 Å². The normalized spacial score (nSPS) is 35.6. The highest BCUT2D eigenvalue weighted by Gasteiger charge is 2.70. The predicted molar refractivity (Wildman–Crippen MR) is 106 cm³/mol. The van der Waals surface area contributed by atoms with Gasteiger partial charge in [0.2, 0.25) is 0 Å². The number of nitrogens with two attached hydrogens (primary N) is 1. The third-order valence-corrected chi connectivity index (χ3v) is 8.09. The van der Waals surface area contributed by atoms with E-state index in [9.17, 15) is 19.2 Å². The molecule has 3 aliphatic rings. The van der Waals surface area contributed by atoms with Crippen molar-refractivity contribution in [1.29, 1.82) is 0 Å². The lowest BCUT2D eigenvalue weighted by molar-refractivity contribution is -0.173. The monoisotopic (exact) mass is 607 g/mol. The molecule has 1 aliphatic heterocycles. The van der Waals surface area contributed by atoms with Crippen LogP contribution >= 0.6 is 45.2 Å². The molecular weight excluding hydrogens is 588 g/mol. The predicted octanol–water partition coefficient (Wildman–Crippen LogP) is 0.335. The van der Waals surface area contributed by atoms with Crippen LogP contribution in [0.5, 0.6) is 0 Å². The molecule has 0 aromatic carbocycles. The van der Waals surface area contributed by atoms with E-state index in [1.807, 2.05) is 45.2 Å². The molecule has 9 nitrogen and oxygen atoms in total. The summed E-state index contributed by atoms with van der Waals surface area (Å²) in [6, 6.07) is 0. The van der Waals surface area contributed by atoms with E-state index in [0.717, 1.165) is 0 Å². The van der Waals surface area contributed by atoms with Crippen molar-refractivity contribution in [2.24, 2.45) is 29.4 Å². The molecule has 0 amide bonds. The maximum Gasteiger partial charge on any atom is 0.344 e. The molecule has 3 rings (SSSR count). The Morgan fingerprint density at radius 2 is 2.00 bits per heavy atom. The maximum atomic E-state index is 12.2. The van der Waals surface area contributed by atoms with Gasteiger partial charge in [0.15, 0.2) is 6.61 Å². The van der Waals surface area contributed by atoms with Crippen LogP contribution in [-0.2, 0) is 38.1 Å². The summed E-state index contributed by atoms with van der Waals surface area (Å²) in [6.07, 6.45) is -0.773. The number of carbonyl (C=O) groups excluding carboxylic acids is 4. The zero-order chi connectivity index (χ0) is 20.1. The van der Waals surface area contributed by atoms with Gasteiger partial charge in [-0.25, -0.2) is 9.59 Å². The van der Waals surface area contributed by atoms with Gasteiger partial charge in [0.05, 0.1) is 20.9 Å². The van der Waals surface area contributed by atoms with Crippen molar-refractivity contribution in [3.05, 3.63) is 0 Å². The molecular formula is C16H19I2NO8. The fraction of sp³-hybridized carbons (Fsp3) is 0.750. The summed E-state index contributed by atoms with van der Waals surface area (Å²) in [5.41, 5.74) is 4.63. The van der Waals surface area contributed by atoms with Crippen molar-refractivity contribution in [3.63, 3.8) is 0 Å². The topological polar surface area (TPSA) is 131 Å². The Morgan fingerprint density at radius 3 is 2.59 bits per heavy atom. The highest BCUT2D eigenvalue weighted by Crippen LogP contribution is 2.58. The highest BCUT2D eigenvalue weighted by atomic mass is 127. The first-order valence-corrected chi connectivity index (χ1v) is 10.8. The van der Waals surface area contributed by atoms with Gasteiger partial charge in [-0.15, -0.1) is 0 Å². The number of halogens is 2. The van der Waals surface area contributed by atoms with Gasteiger partial charge in [-0.05, 0) is 13.3 Å².